The first-order chi connectivity index (χ1) is 9.24. The van der Waals surface area contributed by atoms with Crippen molar-refractivity contribution in [1.29, 1.82) is 0 Å². The van der Waals surface area contributed by atoms with Gasteiger partial charge in [0.2, 0.25) is 0 Å². The van der Waals surface area contributed by atoms with Crippen LogP contribution in [0, 0.1) is 0 Å². The van der Waals surface area contributed by atoms with Crippen molar-refractivity contribution in [1.82, 2.24) is 15.5 Å². The van der Waals surface area contributed by atoms with Crippen LogP contribution in [-0.4, -0.2) is 22.6 Å². The summed E-state index contributed by atoms with van der Waals surface area (Å²) in [6, 6.07) is 7.28. The molecule has 0 atom stereocenters. The molecule has 0 spiro atoms. The third-order valence-corrected chi connectivity index (χ3v) is 3.62. The molecule has 6 heteroatoms. The normalized spacial score (nSPS) is 13.9. The summed E-state index contributed by atoms with van der Waals surface area (Å²) in [6.45, 7) is 1.67. The van der Waals surface area contributed by atoms with Crippen LogP contribution in [0.15, 0.2) is 28.7 Å². The number of halogens is 1. The van der Waals surface area contributed by atoms with E-state index in [9.17, 15) is 4.79 Å². The van der Waals surface area contributed by atoms with E-state index in [1.54, 1.807) is 12.1 Å². The molecule has 0 bridgehead atoms. The number of hydrogen-bond acceptors (Lipinski definition) is 3. The molecule has 1 aromatic heterocycles. The molecule has 1 aliphatic rings. The SMILES string of the molecule is O=C(Nc1n[nH]c2c1CNCC2)c1cccc(Br)c1. The number of nitrogens with zero attached hydrogens (tertiary/aromatic N) is 1. The first-order valence-corrected chi connectivity index (χ1v) is 6.87. The van der Waals surface area contributed by atoms with E-state index in [1.807, 2.05) is 12.1 Å². The number of benzene rings is 1. The molecule has 1 aromatic carbocycles. The van der Waals surface area contributed by atoms with Crippen molar-refractivity contribution in [2.45, 2.75) is 13.0 Å². The second-order valence-electron chi connectivity index (χ2n) is 4.42. The average Bonchev–Trinajstić information content (AvgIpc) is 2.82. The number of nitrogens with one attached hydrogen (secondary N) is 3. The maximum Gasteiger partial charge on any atom is 0.256 e. The van der Waals surface area contributed by atoms with Gasteiger partial charge in [-0.15, -0.1) is 0 Å². The third kappa shape index (κ3) is 2.54. The molecule has 1 amide bonds. The Morgan fingerprint density at radius 2 is 2.32 bits per heavy atom. The zero-order valence-electron chi connectivity index (χ0n) is 10.2. The predicted molar refractivity (Wildman–Crippen MR) is 76.1 cm³/mol. The van der Waals surface area contributed by atoms with Crippen LogP contribution in [0.1, 0.15) is 21.6 Å². The summed E-state index contributed by atoms with van der Waals surface area (Å²) < 4.78 is 0.880. The van der Waals surface area contributed by atoms with E-state index in [4.69, 9.17) is 0 Å². The minimum atomic E-state index is -0.152. The number of H-pyrrole nitrogens is 1. The maximum atomic E-state index is 12.1. The number of aromatic amines is 1. The van der Waals surface area contributed by atoms with E-state index in [2.05, 4.69) is 36.8 Å². The first kappa shape index (κ1) is 12.4. The van der Waals surface area contributed by atoms with Gasteiger partial charge in [-0.3, -0.25) is 9.89 Å². The number of carbonyl (C=O) groups excluding carboxylic acids is 1. The summed E-state index contributed by atoms with van der Waals surface area (Å²) in [5.74, 6) is 0.466. The van der Waals surface area contributed by atoms with E-state index in [0.717, 1.165) is 35.2 Å². The van der Waals surface area contributed by atoms with Crippen molar-refractivity contribution in [3.05, 3.63) is 45.6 Å². The molecule has 0 saturated carbocycles. The van der Waals surface area contributed by atoms with Gasteiger partial charge in [-0.05, 0) is 18.2 Å². The van der Waals surface area contributed by atoms with Gasteiger partial charge < -0.3 is 10.6 Å². The van der Waals surface area contributed by atoms with Crippen molar-refractivity contribution in [2.24, 2.45) is 0 Å². The van der Waals surface area contributed by atoms with E-state index < -0.39 is 0 Å². The summed E-state index contributed by atoms with van der Waals surface area (Å²) in [7, 11) is 0. The Bertz CT molecular complexity index is 623. The maximum absolute atomic E-state index is 12.1. The topological polar surface area (TPSA) is 69.8 Å². The number of aromatic nitrogens is 2. The van der Waals surface area contributed by atoms with Gasteiger partial charge in [0.05, 0.1) is 0 Å². The predicted octanol–water partition coefficient (Wildman–Crippen LogP) is 2.07. The number of carbonyl (C=O) groups is 1. The minimum absolute atomic E-state index is 0.152. The van der Waals surface area contributed by atoms with Crippen molar-refractivity contribution < 1.29 is 4.79 Å². The molecule has 5 nitrogen and oxygen atoms in total. The van der Waals surface area contributed by atoms with Gasteiger partial charge in [-0.1, -0.05) is 22.0 Å². The molecule has 2 heterocycles. The quantitative estimate of drug-likeness (QED) is 0.793. The Morgan fingerprint density at radius 1 is 1.42 bits per heavy atom. The molecule has 98 valence electrons. The third-order valence-electron chi connectivity index (χ3n) is 3.13. The van der Waals surface area contributed by atoms with Crippen LogP contribution in [0.5, 0.6) is 0 Å². The van der Waals surface area contributed by atoms with Gasteiger partial charge in [-0.2, -0.15) is 5.10 Å². The van der Waals surface area contributed by atoms with Crippen LogP contribution in [0.2, 0.25) is 0 Å². The Morgan fingerprint density at radius 3 is 3.16 bits per heavy atom. The van der Waals surface area contributed by atoms with Crippen LogP contribution in [0.25, 0.3) is 0 Å². The zero-order chi connectivity index (χ0) is 13.2. The monoisotopic (exact) mass is 320 g/mol. The van der Waals surface area contributed by atoms with Gasteiger partial charge in [0.25, 0.3) is 5.91 Å². The molecule has 0 unspecified atom stereocenters. The van der Waals surface area contributed by atoms with Crippen LogP contribution in [0.3, 0.4) is 0 Å². The summed E-state index contributed by atoms with van der Waals surface area (Å²) in [4.78, 5) is 12.1. The highest BCUT2D eigenvalue weighted by Crippen LogP contribution is 2.20. The fraction of sp³-hybridized carbons (Fsp3) is 0.231. The standard InChI is InChI=1S/C13H13BrN4O/c14-9-3-1-2-8(6-9)13(19)16-12-10-7-15-5-4-11(10)17-18-12/h1-3,6,15H,4-5,7H2,(H2,16,17,18,19). The van der Waals surface area contributed by atoms with Crippen molar-refractivity contribution in [3.8, 4) is 0 Å². The molecule has 3 rings (SSSR count). The Kier molecular flexibility index (Phi) is 3.35. The molecular formula is C13H13BrN4O. The highest BCUT2D eigenvalue weighted by atomic mass is 79.9. The lowest BCUT2D eigenvalue weighted by Crippen LogP contribution is -2.24. The van der Waals surface area contributed by atoms with Gasteiger partial charge in [0.1, 0.15) is 0 Å². The smallest absolute Gasteiger partial charge is 0.256 e. The van der Waals surface area contributed by atoms with Crippen LogP contribution >= 0.6 is 15.9 Å². The van der Waals surface area contributed by atoms with Crippen LogP contribution in [0.4, 0.5) is 5.82 Å². The number of hydrogen-bond donors (Lipinski definition) is 3. The second-order valence-corrected chi connectivity index (χ2v) is 5.34. The average molecular weight is 321 g/mol. The molecule has 0 aliphatic carbocycles. The van der Waals surface area contributed by atoms with Crippen molar-refractivity contribution in [3.63, 3.8) is 0 Å². The van der Waals surface area contributed by atoms with Gasteiger partial charge in [0.15, 0.2) is 5.82 Å². The summed E-state index contributed by atoms with van der Waals surface area (Å²) >= 11 is 3.36. The number of fused-ring (bicyclic) bond motifs is 1. The Balaban J connectivity index is 1.82. The summed E-state index contributed by atoms with van der Waals surface area (Å²) in [5, 5.41) is 13.3. The lowest BCUT2D eigenvalue weighted by atomic mass is 10.1. The fourth-order valence-electron chi connectivity index (χ4n) is 2.14. The van der Waals surface area contributed by atoms with E-state index >= 15 is 0 Å². The first-order valence-electron chi connectivity index (χ1n) is 6.08. The Labute approximate surface area is 118 Å². The number of anilines is 1. The fourth-order valence-corrected chi connectivity index (χ4v) is 2.54. The highest BCUT2D eigenvalue weighted by Gasteiger charge is 2.18. The van der Waals surface area contributed by atoms with Crippen molar-refractivity contribution >= 4 is 27.7 Å². The highest BCUT2D eigenvalue weighted by molar-refractivity contribution is 9.10. The summed E-state index contributed by atoms with van der Waals surface area (Å²) in [5.41, 5.74) is 2.76. The van der Waals surface area contributed by atoms with Gasteiger partial charge in [0, 0.05) is 40.8 Å². The van der Waals surface area contributed by atoms with Gasteiger partial charge in [-0.25, -0.2) is 0 Å². The molecule has 19 heavy (non-hydrogen) atoms. The molecule has 0 fully saturated rings. The van der Waals surface area contributed by atoms with Crippen LogP contribution < -0.4 is 10.6 Å². The number of amides is 1. The largest absolute Gasteiger partial charge is 0.312 e. The van der Waals surface area contributed by atoms with E-state index in [-0.39, 0.29) is 5.91 Å². The minimum Gasteiger partial charge on any atom is -0.312 e. The molecule has 0 radical (unpaired) electrons. The molecular weight excluding hydrogens is 308 g/mol. The molecule has 0 saturated heterocycles. The molecule has 3 N–H and O–H groups in total. The summed E-state index contributed by atoms with van der Waals surface area (Å²) in [6.07, 6.45) is 0.912. The van der Waals surface area contributed by atoms with E-state index in [0.29, 0.717) is 11.4 Å². The lowest BCUT2D eigenvalue weighted by Gasteiger charge is -2.13. The zero-order valence-corrected chi connectivity index (χ0v) is 11.8. The number of rotatable bonds is 2. The lowest BCUT2D eigenvalue weighted by molar-refractivity contribution is 0.102. The van der Waals surface area contributed by atoms with Crippen molar-refractivity contribution in [2.75, 3.05) is 11.9 Å². The van der Waals surface area contributed by atoms with Crippen LogP contribution in [-0.2, 0) is 13.0 Å². The van der Waals surface area contributed by atoms with Gasteiger partial charge >= 0.3 is 0 Å². The molecule has 1 aliphatic heterocycles. The van der Waals surface area contributed by atoms with E-state index in [1.165, 1.54) is 0 Å². The second kappa shape index (κ2) is 5.14. The Hall–Kier alpha value is -1.66. The molecule has 2 aromatic rings.